The first-order chi connectivity index (χ1) is 17.4. The monoisotopic (exact) mass is 496 g/mol. The maximum absolute atomic E-state index is 12.4. The van der Waals surface area contributed by atoms with Crippen molar-refractivity contribution < 1.29 is 24.6 Å². The van der Waals surface area contributed by atoms with Gasteiger partial charge in [-0.05, 0) is 41.8 Å². The first kappa shape index (κ1) is 28.9. The van der Waals surface area contributed by atoms with Crippen LogP contribution in [-0.2, 0) is 22.7 Å². The van der Waals surface area contributed by atoms with Crippen molar-refractivity contribution in [1.82, 2.24) is 10.2 Å². The van der Waals surface area contributed by atoms with Gasteiger partial charge in [-0.3, -0.25) is 9.59 Å². The van der Waals surface area contributed by atoms with E-state index in [0.717, 1.165) is 18.4 Å². The average molecular weight is 497 g/mol. The minimum absolute atomic E-state index is 0.0898. The third kappa shape index (κ3) is 10.9. The molecule has 0 heterocycles. The van der Waals surface area contributed by atoms with Gasteiger partial charge in [0.1, 0.15) is 5.75 Å². The van der Waals surface area contributed by atoms with Crippen LogP contribution in [0, 0.1) is 0 Å². The molecule has 0 unspecified atom stereocenters. The molecule has 2 aromatic rings. The van der Waals surface area contributed by atoms with E-state index >= 15 is 0 Å². The second-order valence-corrected chi connectivity index (χ2v) is 9.27. The third-order valence-electron chi connectivity index (χ3n) is 6.19. The van der Waals surface area contributed by atoms with Gasteiger partial charge in [-0.15, -0.1) is 0 Å². The lowest BCUT2D eigenvalue weighted by Gasteiger charge is -2.21. The Morgan fingerprint density at radius 3 is 1.69 bits per heavy atom. The average Bonchev–Trinajstić information content (AvgIpc) is 2.88. The molecule has 0 saturated heterocycles. The molecular formula is C29H40N2O5. The van der Waals surface area contributed by atoms with Crippen molar-refractivity contribution >= 4 is 17.8 Å². The van der Waals surface area contributed by atoms with Crippen LogP contribution in [0.4, 0.5) is 0 Å². The smallest absolute Gasteiger partial charge is 0.394 e. The second kappa shape index (κ2) is 16.3. The molecule has 3 N–H and O–H groups in total. The predicted molar refractivity (Wildman–Crippen MR) is 141 cm³/mol. The number of nitrogens with zero attached hydrogens (tertiary/aromatic N) is 1. The molecule has 0 aliphatic heterocycles. The lowest BCUT2D eigenvalue weighted by Crippen LogP contribution is -2.35. The quantitative estimate of drug-likeness (QED) is 0.205. The van der Waals surface area contributed by atoms with Gasteiger partial charge in [-0.2, -0.15) is 0 Å². The van der Waals surface area contributed by atoms with Crippen molar-refractivity contribution in [3.63, 3.8) is 0 Å². The Morgan fingerprint density at radius 1 is 0.722 bits per heavy atom. The Bertz CT molecular complexity index is 941. The zero-order valence-electron chi connectivity index (χ0n) is 21.4. The van der Waals surface area contributed by atoms with Crippen LogP contribution in [0.15, 0.2) is 48.5 Å². The number of hydrogen-bond acceptors (Lipinski definition) is 4. The summed E-state index contributed by atoms with van der Waals surface area (Å²) in [7, 11) is 0. The highest BCUT2D eigenvalue weighted by atomic mass is 16.4. The van der Waals surface area contributed by atoms with E-state index in [0.29, 0.717) is 17.7 Å². The lowest BCUT2D eigenvalue weighted by atomic mass is 10.1. The fraction of sp³-hybridized carbons (Fsp3) is 0.483. The number of phenols is 1. The van der Waals surface area contributed by atoms with Crippen LogP contribution >= 0.6 is 0 Å². The number of nitrogens with one attached hydrogen (secondary N) is 1. The minimum atomic E-state index is -1.53. The van der Waals surface area contributed by atoms with Crippen molar-refractivity contribution in [2.75, 3.05) is 6.54 Å². The summed E-state index contributed by atoms with van der Waals surface area (Å²) in [5.74, 6) is -2.59. The first-order valence-electron chi connectivity index (χ1n) is 13.1. The molecule has 0 atom stereocenters. The Labute approximate surface area is 214 Å². The van der Waals surface area contributed by atoms with Crippen LogP contribution in [-0.4, -0.2) is 39.4 Å². The molecular weight excluding hydrogens is 456 g/mol. The fourth-order valence-corrected chi connectivity index (χ4v) is 4.05. The molecule has 7 nitrogen and oxygen atoms in total. The SMILES string of the molecule is CCCCCCCCCCCCNC(=O)c1ccc(CN(Cc2ccc(O)cc2)C(=O)C(=O)O)cc1. The summed E-state index contributed by atoms with van der Waals surface area (Å²) >= 11 is 0. The van der Waals surface area contributed by atoms with Gasteiger partial charge >= 0.3 is 11.9 Å². The second-order valence-electron chi connectivity index (χ2n) is 9.27. The number of rotatable bonds is 16. The summed E-state index contributed by atoms with van der Waals surface area (Å²) in [4.78, 5) is 37.1. The molecule has 0 bridgehead atoms. The summed E-state index contributed by atoms with van der Waals surface area (Å²) in [6, 6.07) is 13.1. The van der Waals surface area contributed by atoms with Gasteiger partial charge in [0.15, 0.2) is 0 Å². The van der Waals surface area contributed by atoms with Gasteiger partial charge in [0, 0.05) is 25.2 Å². The molecule has 0 saturated carbocycles. The third-order valence-corrected chi connectivity index (χ3v) is 6.19. The van der Waals surface area contributed by atoms with Crippen LogP contribution in [0.1, 0.15) is 92.6 Å². The van der Waals surface area contributed by atoms with Crippen molar-refractivity contribution in [1.29, 1.82) is 0 Å². The van der Waals surface area contributed by atoms with E-state index in [1.165, 1.54) is 68.4 Å². The number of amides is 2. The first-order valence-corrected chi connectivity index (χ1v) is 13.1. The van der Waals surface area contributed by atoms with Gasteiger partial charge < -0.3 is 20.4 Å². The van der Waals surface area contributed by atoms with Crippen molar-refractivity contribution in [2.24, 2.45) is 0 Å². The number of phenolic OH excluding ortho intramolecular Hbond substituents is 1. The summed E-state index contributed by atoms with van der Waals surface area (Å²) in [6.45, 7) is 3.06. The molecule has 2 rings (SSSR count). The molecule has 0 aliphatic carbocycles. The number of benzene rings is 2. The van der Waals surface area contributed by atoms with Crippen LogP contribution < -0.4 is 5.32 Å². The van der Waals surface area contributed by atoms with Crippen LogP contribution in [0.5, 0.6) is 5.75 Å². The molecule has 7 heteroatoms. The summed E-state index contributed by atoms with van der Waals surface area (Å²) in [5.41, 5.74) is 1.94. The van der Waals surface area contributed by atoms with Crippen molar-refractivity contribution in [2.45, 2.75) is 84.2 Å². The normalized spacial score (nSPS) is 10.7. The van der Waals surface area contributed by atoms with Crippen molar-refractivity contribution in [3.05, 3.63) is 65.2 Å². The number of unbranched alkanes of at least 4 members (excludes halogenated alkanes) is 9. The molecule has 0 fully saturated rings. The number of aliphatic carboxylic acids is 1. The summed E-state index contributed by atoms with van der Waals surface area (Å²) in [6.07, 6.45) is 12.5. The molecule has 36 heavy (non-hydrogen) atoms. The Kier molecular flexibility index (Phi) is 13.1. The van der Waals surface area contributed by atoms with Gasteiger partial charge in [0.2, 0.25) is 0 Å². The number of carbonyl (C=O) groups excluding carboxylic acids is 2. The molecule has 196 valence electrons. The van der Waals surface area contributed by atoms with Crippen LogP contribution in [0.2, 0.25) is 0 Å². The highest BCUT2D eigenvalue weighted by Crippen LogP contribution is 2.15. The van der Waals surface area contributed by atoms with Gasteiger partial charge in [0.05, 0.1) is 0 Å². The van der Waals surface area contributed by atoms with E-state index in [-0.39, 0.29) is 24.7 Å². The zero-order valence-corrected chi connectivity index (χ0v) is 21.4. The van der Waals surface area contributed by atoms with E-state index < -0.39 is 11.9 Å². The fourth-order valence-electron chi connectivity index (χ4n) is 4.05. The van der Waals surface area contributed by atoms with Crippen LogP contribution in [0.25, 0.3) is 0 Å². The predicted octanol–water partition coefficient (Wildman–Crippen LogP) is 5.66. The highest BCUT2D eigenvalue weighted by Gasteiger charge is 2.21. The summed E-state index contributed by atoms with van der Waals surface area (Å²) < 4.78 is 0. The largest absolute Gasteiger partial charge is 0.508 e. The highest BCUT2D eigenvalue weighted by molar-refractivity contribution is 6.31. The molecule has 0 spiro atoms. The Hall–Kier alpha value is -3.35. The number of hydrogen-bond donors (Lipinski definition) is 3. The number of carbonyl (C=O) groups is 3. The van der Waals surface area contributed by atoms with Crippen molar-refractivity contribution in [3.8, 4) is 5.75 Å². The topological polar surface area (TPSA) is 107 Å². The number of aromatic hydroxyl groups is 1. The van der Waals surface area contributed by atoms with Crippen LogP contribution in [0.3, 0.4) is 0 Å². The van der Waals surface area contributed by atoms with Gasteiger partial charge in [-0.25, -0.2) is 4.79 Å². The maximum atomic E-state index is 12.4. The Morgan fingerprint density at radius 2 is 1.19 bits per heavy atom. The van der Waals surface area contributed by atoms with E-state index in [1.807, 2.05) is 0 Å². The molecule has 0 aliphatic rings. The van der Waals surface area contributed by atoms with E-state index in [1.54, 1.807) is 36.4 Å². The van der Waals surface area contributed by atoms with E-state index in [9.17, 15) is 24.6 Å². The molecule has 2 aromatic carbocycles. The number of carboxylic acids is 1. The summed E-state index contributed by atoms with van der Waals surface area (Å²) in [5, 5.41) is 21.6. The standard InChI is InChI=1S/C29H40N2O5/c1-2-3-4-5-6-7-8-9-10-11-20-30-27(33)25-16-12-23(13-17-25)21-31(28(34)29(35)36)22-24-14-18-26(32)19-15-24/h12-19,32H,2-11,20-22H2,1H3,(H,30,33)(H,35,36). The number of carboxylic acid groups (broad SMARTS) is 1. The van der Waals surface area contributed by atoms with E-state index in [2.05, 4.69) is 12.2 Å². The minimum Gasteiger partial charge on any atom is -0.508 e. The van der Waals surface area contributed by atoms with Gasteiger partial charge in [0.25, 0.3) is 5.91 Å². The Balaban J connectivity index is 1.75. The molecule has 0 aromatic heterocycles. The molecule has 0 radical (unpaired) electrons. The maximum Gasteiger partial charge on any atom is 0.394 e. The van der Waals surface area contributed by atoms with E-state index in [4.69, 9.17) is 0 Å². The lowest BCUT2D eigenvalue weighted by molar-refractivity contribution is -0.156. The zero-order chi connectivity index (χ0) is 26.2. The molecule has 2 amide bonds. The van der Waals surface area contributed by atoms with Gasteiger partial charge in [-0.1, -0.05) is 89.0 Å².